The van der Waals surface area contributed by atoms with Gasteiger partial charge in [0.15, 0.2) is 6.10 Å². The second-order valence-electron chi connectivity index (χ2n) is 21.2. The van der Waals surface area contributed by atoms with Gasteiger partial charge in [-0.05, 0) is 96.3 Å². The molecule has 11 nitrogen and oxygen atoms in total. The highest BCUT2D eigenvalue weighted by molar-refractivity contribution is 7.47. The van der Waals surface area contributed by atoms with Crippen LogP contribution >= 0.6 is 7.82 Å². The fraction of sp³-hybridized carbons (Fsp3) is 0.721. The summed E-state index contributed by atoms with van der Waals surface area (Å²) < 4.78 is 39.7. The standard InChI is InChI=1S/C68H117O11P/c1-4-7-10-13-16-19-22-25-28-31-32-35-36-39-42-45-48-51-54-57-66(70)75-61-65(79-68(72)59-56-53-50-47-44-41-38-34-30-27-24-21-18-15-12-9-6-3)63-77-80(73,74)76-62-64(60-69)78-67(71)58-55-52-49-46-43-40-37-33-29-26-23-20-17-14-11-8-5-2/h8-9,11-12,17-18,20-21,26-27,29-30,37-38,40-41,64-65,69H,4-7,10,13-16,19,22-25,28,31-36,39,42-63H2,1-3H3,(H,73,74)/b11-8-,12-9-,20-17-,21-18-,29-26-,30-27-,40-37-,41-38-. The Morgan fingerprint density at radius 3 is 1.00 bits per heavy atom. The van der Waals surface area contributed by atoms with Gasteiger partial charge in [-0.3, -0.25) is 23.4 Å². The van der Waals surface area contributed by atoms with Crippen LogP contribution in [0.2, 0.25) is 0 Å². The lowest BCUT2D eigenvalue weighted by Crippen LogP contribution is -2.30. The van der Waals surface area contributed by atoms with E-state index in [1.807, 2.05) is 0 Å². The molecule has 0 saturated heterocycles. The van der Waals surface area contributed by atoms with Gasteiger partial charge in [0.1, 0.15) is 12.7 Å². The van der Waals surface area contributed by atoms with Crippen LogP contribution in [0.4, 0.5) is 0 Å². The zero-order valence-corrected chi connectivity index (χ0v) is 51.9. The van der Waals surface area contributed by atoms with Crippen LogP contribution in [0.15, 0.2) is 97.2 Å². The van der Waals surface area contributed by atoms with Crippen LogP contribution in [0.3, 0.4) is 0 Å². The van der Waals surface area contributed by atoms with Crippen molar-refractivity contribution in [3.63, 3.8) is 0 Å². The number of allylic oxidation sites excluding steroid dienone is 16. The molecule has 12 heteroatoms. The van der Waals surface area contributed by atoms with Gasteiger partial charge in [-0.2, -0.15) is 0 Å². The van der Waals surface area contributed by atoms with Gasteiger partial charge in [-0.15, -0.1) is 0 Å². The molecular weight excluding hydrogens is 1020 g/mol. The Kier molecular flexibility index (Phi) is 58.7. The molecule has 0 aromatic carbocycles. The van der Waals surface area contributed by atoms with Crippen LogP contribution in [0, 0.1) is 0 Å². The number of hydrogen-bond donors (Lipinski definition) is 2. The van der Waals surface area contributed by atoms with Crippen LogP contribution in [0.5, 0.6) is 0 Å². The number of esters is 3. The first-order chi connectivity index (χ1) is 39.2. The smallest absolute Gasteiger partial charge is 0.462 e. The molecule has 0 aromatic heterocycles. The molecule has 0 heterocycles. The number of rotatable bonds is 59. The van der Waals surface area contributed by atoms with E-state index < -0.39 is 57.8 Å². The Labute approximate surface area is 489 Å². The van der Waals surface area contributed by atoms with Crippen LogP contribution in [0.1, 0.15) is 278 Å². The molecule has 0 fully saturated rings. The second kappa shape index (κ2) is 61.5. The van der Waals surface area contributed by atoms with Gasteiger partial charge in [0.2, 0.25) is 0 Å². The van der Waals surface area contributed by atoms with E-state index in [2.05, 4.69) is 118 Å². The number of phosphoric ester groups is 1. The lowest BCUT2D eigenvalue weighted by molar-refractivity contribution is -0.161. The number of hydrogen-bond acceptors (Lipinski definition) is 10. The van der Waals surface area contributed by atoms with Crippen LogP contribution in [-0.2, 0) is 42.2 Å². The normalized spacial score (nSPS) is 13.9. The SMILES string of the molecule is CC/C=C\C/C=C\C/C=C\C/C=C\CCCCCCC(=O)OC(CO)COP(=O)(O)OCC(COC(=O)CCCCCCCCCCCCCCCCCCCCC)OC(=O)CCCCCC/C=C\C/C=C\C/C=C\C/C=C\CC. The molecule has 0 bridgehead atoms. The number of unbranched alkanes of at least 4 members (excludes halogenated alkanes) is 26. The third-order valence-electron chi connectivity index (χ3n) is 13.5. The summed E-state index contributed by atoms with van der Waals surface area (Å²) in [6.07, 6.45) is 73.6. The lowest BCUT2D eigenvalue weighted by atomic mass is 10.0. The summed E-state index contributed by atoms with van der Waals surface area (Å²) >= 11 is 0. The Hall–Kier alpha value is -3.60. The van der Waals surface area contributed by atoms with Crippen molar-refractivity contribution >= 4 is 25.7 Å². The van der Waals surface area contributed by atoms with Gasteiger partial charge in [0, 0.05) is 19.3 Å². The zero-order valence-electron chi connectivity index (χ0n) is 51.0. The molecule has 0 aliphatic rings. The largest absolute Gasteiger partial charge is 0.472 e. The molecule has 2 N–H and O–H groups in total. The highest BCUT2D eigenvalue weighted by atomic mass is 31.2. The van der Waals surface area contributed by atoms with Crippen molar-refractivity contribution in [3.8, 4) is 0 Å². The molecule has 3 atom stereocenters. The van der Waals surface area contributed by atoms with E-state index in [0.717, 1.165) is 122 Å². The molecule has 0 aromatic rings. The number of carbonyl (C=O) groups is 3. The van der Waals surface area contributed by atoms with Crippen molar-refractivity contribution in [1.82, 2.24) is 0 Å². The molecule has 0 spiro atoms. The maximum absolute atomic E-state index is 13.0. The first-order valence-corrected chi connectivity index (χ1v) is 33.6. The predicted octanol–water partition coefficient (Wildman–Crippen LogP) is 19.6. The summed E-state index contributed by atoms with van der Waals surface area (Å²) in [5.41, 5.74) is 0. The number of phosphoric acid groups is 1. The summed E-state index contributed by atoms with van der Waals surface area (Å²) in [4.78, 5) is 48.8. The Morgan fingerprint density at radius 2 is 0.650 bits per heavy atom. The number of ether oxygens (including phenoxy) is 3. The van der Waals surface area contributed by atoms with E-state index in [1.165, 1.54) is 96.3 Å². The van der Waals surface area contributed by atoms with E-state index >= 15 is 0 Å². The van der Waals surface area contributed by atoms with Crippen molar-refractivity contribution in [2.24, 2.45) is 0 Å². The van der Waals surface area contributed by atoms with Gasteiger partial charge in [0.25, 0.3) is 0 Å². The van der Waals surface area contributed by atoms with E-state index in [-0.39, 0.29) is 25.9 Å². The van der Waals surface area contributed by atoms with Gasteiger partial charge >= 0.3 is 25.7 Å². The van der Waals surface area contributed by atoms with Crippen LogP contribution in [-0.4, -0.2) is 66.5 Å². The summed E-state index contributed by atoms with van der Waals surface area (Å²) in [5.74, 6) is -1.51. The monoisotopic (exact) mass is 1140 g/mol. The molecule has 3 unspecified atom stereocenters. The summed E-state index contributed by atoms with van der Waals surface area (Å²) in [5, 5.41) is 9.85. The van der Waals surface area contributed by atoms with Crippen molar-refractivity contribution in [1.29, 1.82) is 0 Å². The van der Waals surface area contributed by atoms with Crippen molar-refractivity contribution in [3.05, 3.63) is 97.2 Å². The molecule has 0 radical (unpaired) electrons. The predicted molar refractivity (Wildman–Crippen MR) is 334 cm³/mol. The lowest BCUT2D eigenvalue weighted by Gasteiger charge is -2.21. The van der Waals surface area contributed by atoms with Crippen molar-refractivity contribution in [2.75, 3.05) is 26.4 Å². The minimum Gasteiger partial charge on any atom is -0.462 e. The second-order valence-corrected chi connectivity index (χ2v) is 22.6. The molecule has 0 rings (SSSR count). The van der Waals surface area contributed by atoms with Crippen molar-refractivity contribution in [2.45, 2.75) is 290 Å². The zero-order chi connectivity index (χ0) is 58.3. The maximum Gasteiger partial charge on any atom is 0.472 e. The fourth-order valence-corrected chi connectivity index (χ4v) is 9.48. The topological polar surface area (TPSA) is 155 Å². The third kappa shape index (κ3) is 59.0. The summed E-state index contributed by atoms with van der Waals surface area (Å²) in [6, 6.07) is 0. The first kappa shape index (κ1) is 76.4. The molecule has 80 heavy (non-hydrogen) atoms. The average molecular weight is 1140 g/mol. The average Bonchev–Trinajstić information content (AvgIpc) is 3.45. The minimum atomic E-state index is -4.77. The third-order valence-corrected chi connectivity index (χ3v) is 14.5. The molecule has 0 aliphatic heterocycles. The van der Waals surface area contributed by atoms with E-state index in [4.69, 9.17) is 23.3 Å². The van der Waals surface area contributed by atoms with Gasteiger partial charge in [0.05, 0.1) is 19.8 Å². The molecule has 0 saturated carbocycles. The maximum atomic E-state index is 13.0. The van der Waals surface area contributed by atoms with Gasteiger partial charge in [-0.1, -0.05) is 259 Å². The Balaban J connectivity index is 4.74. The van der Waals surface area contributed by atoms with E-state index in [1.54, 1.807) is 0 Å². The Bertz CT molecular complexity index is 1710. The minimum absolute atomic E-state index is 0.136. The fourth-order valence-electron chi connectivity index (χ4n) is 8.69. The van der Waals surface area contributed by atoms with Crippen molar-refractivity contribution < 1.29 is 52.2 Å². The van der Waals surface area contributed by atoms with Gasteiger partial charge in [-0.25, -0.2) is 4.57 Å². The molecule has 0 amide bonds. The number of carbonyl (C=O) groups excluding carboxylic acids is 3. The van der Waals surface area contributed by atoms with Crippen LogP contribution in [0.25, 0.3) is 0 Å². The molecular formula is C68H117O11P. The first-order valence-electron chi connectivity index (χ1n) is 32.1. The van der Waals surface area contributed by atoms with Crippen LogP contribution < -0.4 is 0 Å². The summed E-state index contributed by atoms with van der Waals surface area (Å²) in [6.45, 7) is 4.40. The van der Waals surface area contributed by atoms with E-state index in [9.17, 15) is 28.9 Å². The summed E-state index contributed by atoms with van der Waals surface area (Å²) in [7, 11) is -4.77. The highest BCUT2D eigenvalue weighted by Gasteiger charge is 2.28. The number of aliphatic hydroxyl groups is 1. The Morgan fingerprint density at radius 1 is 0.362 bits per heavy atom. The molecule has 0 aliphatic carbocycles. The quantitative estimate of drug-likeness (QED) is 0.0197. The number of aliphatic hydroxyl groups excluding tert-OH is 1. The highest BCUT2D eigenvalue weighted by Crippen LogP contribution is 2.43. The van der Waals surface area contributed by atoms with E-state index in [0.29, 0.717) is 19.3 Å². The molecule has 460 valence electrons. The van der Waals surface area contributed by atoms with Gasteiger partial charge < -0.3 is 24.2 Å².